The predicted molar refractivity (Wildman–Crippen MR) is 110 cm³/mol. The van der Waals surface area contributed by atoms with Gasteiger partial charge in [0.25, 0.3) is 0 Å². The molecule has 30 heavy (non-hydrogen) atoms. The minimum atomic E-state index is -0.414. The number of aryl methyl sites for hydroxylation is 3. The normalized spacial score (nSPS) is 15.9. The average Bonchev–Trinajstić information content (AvgIpc) is 3.34. The molecule has 0 spiro atoms. The largest absolute Gasteiger partial charge is 0.457 e. The molecular weight excluding hydrogens is 387 g/mol. The van der Waals surface area contributed by atoms with Crippen LogP contribution in [0.3, 0.4) is 0 Å². The Morgan fingerprint density at radius 1 is 1.20 bits per heavy atom. The van der Waals surface area contributed by atoms with Gasteiger partial charge >= 0.3 is 0 Å². The fraction of sp³-hybridized carbons (Fsp3) is 0.304. The van der Waals surface area contributed by atoms with Gasteiger partial charge in [-0.3, -0.25) is 4.79 Å². The molecule has 1 N–H and O–H groups in total. The van der Waals surface area contributed by atoms with Crippen molar-refractivity contribution in [1.82, 2.24) is 5.16 Å². The molecule has 0 saturated carbocycles. The van der Waals surface area contributed by atoms with Gasteiger partial charge in [-0.15, -0.1) is 0 Å². The molecule has 156 valence electrons. The number of ether oxygens (including phenoxy) is 2. The Kier molecular flexibility index (Phi) is 5.55. The maximum Gasteiger partial charge on any atom is 0.229 e. The van der Waals surface area contributed by atoms with E-state index in [2.05, 4.69) is 10.5 Å². The van der Waals surface area contributed by atoms with Crippen molar-refractivity contribution < 1.29 is 23.2 Å². The zero-order chi connectivity index (χ0) is 21.3. The molecule has 0 aliphatic carbocycles. The van der Waals surface area contributed by atoms with Crippen molar-refractivity contribution in [3.05, 3.63) is 59.2 Å². The van der Waals surface area contributed by atoms with Crippen LogP contribution in [0.15, 0.2) is 40.9 Å². The van der Waals surface area contributed by atoms with Crippen LogP contribution in [0.1, 0.15) is 23.4 Å². The summed E-state index contributed by atoms with van der Waals surface area (Å²) in [5.74, 6) is 0.988. The molecule has 7 heteroatoms. The lowest BCUT2D eigenvalue weighted by Gasteiger charge is -2.13. The number of halogens is 1. The Balaban J connectivity index is 1.53. The van der Waals surface area contributed by atoms with Gasteiger partial charge in [-0.25, -0.2) is 4.39 Å². The quantitative estimate of drug-likeness (QED) is 0.628. The van der Waals surface area contributed by atoms with Crippen molar-refractivity contribution in [3.63, 3.8) is 0 Å². The van der Waals surface area contributed by atoms with Crippen molar-refractivity contribution in [2.24, 2.45) is 5.92 Å². The molecule has 1 aliphatic heterocycles. The molecule has 1 aromatic heterocycles. The summed E-state index contributed by atoms with van der Waals surface area (Å²) in [5, 5.41) is 6.84. The summed E-state index contributed by atoms with van der Waals surface area (Å²) in [4.78, 5) is 12.3. The molecule has 1 unspecified atom stereocenters. The van der Waals surface area contributed by atoms with Crippen molar-refractivity contribution in [3.8, 4) is 22.6 Å². The highest BCUT2D eigenvalue weighted by molar-refractivity contribution is 5.93. The summed E-state index contributed by atoms with van der Waals surface area (Å²) in [5.41, 5.74) is 3.59. The average molecular weight is 410 g/mol. The van der Waals surface area contributed by atoms with Crippen LogP contribution in [-0.4, -0.2) is 24.3 Å². The Morgan fingerprint density at radius 2 is 2.03 bits per heavy atom. The number of amides is 1. The first-order chi connectivity index (χ1) is 14.4. The van der Waals surface area contributed by atoms with Crippen LogP contribution >= 0.6 is 0 Å². The molecule has 1 fully saturated rings. The highest BCUT2D eigenvalue weighted by atomic mass is 19.1. The van der Waals surface area contributed by atoms with Crippen LogP contribution in [-0.2, 0) is 9.53 Å². The first-order valence-corrected chi connectivity index (χ1v) is 9.81. The second-order valence-electron chi connectivity index (χ2n) is 7.51. The summed E-state index contributed by atoms with van der Waals surface area (Å²) in [7, 11) is 0. The number of aromatic nitrogens is 1. The smallest absolute Gasteiger partial charge is 0.229 e. The number of hydrogen-bond donors (Lipinski definition) is 1. The number of hydrogen-bond acceptors (Lipinski definition) is 5. The van der Waals surface area contributed by atoms with E-state index in [1.807, 2.05) is 19.9 Å². The van der Waals surface area contributed by atoms with Crippen LogP contribution in [0.4, 0.5) is 10.1 Å². The second kappa shape index (κ2) is 8.28. The summed E-state index contributed by atoms with van der Waals surface area (Å²) in [6.45, 7) is 6.55. The van der Waals surface area contributed by atoms with Gasteiger partial charge in [0.05, 0.1) is 18.2 Å². The number of nitrogens with one attached hydrogen (secondary N) is 1. The monoisotopic (exact) mass is 410 g/mol. The third-order valence-electron chi connectivity index (χ3n) is 5.16. The van der Waals surface area contributed by atoms with Crippen LogP contribution in [0, 0.1) is 32.5 Å². The summed E-state index contributed by atoms with van der Waals surface area (Å²) >= 11 is 0. The van der Waals surface area contributed by atoms with Gasteiger partial charge in [0, 0.05) is 23.9 Å². The van der Waals surface area contributed by atoms with Crippen LogP contribution < -0.4 is 10.1 Å². The van der Waals surface area contributed by atoms with E-state index in [4.69, 9.17) is 14.0 Å². The molecule has 0 radical (unpaired) electrons. The topological polar surface area (TPSA) is 73.6 Å². The maximum atomic E-state index is 14.3. The Hall–Kier alpha value is -3.19. The third-order valence-corrected chi connectivity index (χ3v) is 5.16. The van der Waals surface area contributed by atoms with Crippen molar-refractivity contribution >= 4 is 11.6 Å². The van der Waals surface area contributed by atoms with Gasteiger partial charge in [-0.1, -0.05) is 5.16 Å². The van der Waals surface area contributed by atoms with Gasteiger partial charge in [0.1, 0.15) is 23.1 Å². The van der Waals surface area contributed by atoms with Gasteiger partial charge in [0.15, 0.2) is 0 Å². The van der Waals surface area contributed by atoms with E-state index in [1.165, 1.54) is 12.1 Å². The molecule has 2 heterocycles. The Morgan fingerprint density at radius 3 is 2.70 bits per heavy atom. The molecule has 1 aliphatic rings. The fourth-order valence-corrected chi connectivity index (χ4v) is 3.62. The van der Waals surface area contributed by atoms with E-state index in [1.54, 1.807) is 25.1 Å². The van der Waals surface area contributed by atoms with Gasteiger partial charge in [-0.2, -0.15) is 0 Å². The lowest BCUT2D eigenvalue weighted by atomic mass is 10.0. The SMILES string of the molecule is Cc1cc(NC(=O)C2CCOC2)ccc1Oc1cc(F)cc(-c2c(C)noc2C)c1. The number of nitrogens with zero attached hydrogens (tertiary/aromatic N) is 1. The molecule has 4 rings (SSSR count). The number of rotatable bonds is 5. The molecule has 2 aromatic carbocycles. The first-order valence-electron chi connectivity index (χ1n) is 9.81. The summed E-state index contributed by atoms with van der Waals surface area (Å²) in [6, 6.07) is 9.87. The fourth-order valence-electron chi connectivity index (χ4n) is 3.62. The zero-order valence-corrected chi connectivity index (χ0v) is 17.1. The van der Waals surface area contributed by atoms with Crippen LogP contribution in [0.2, 0.25) is 0 Å². The Labute approximate surface area is 174 Å². The van der Waals surface area contributed by atoms with Gasteiger partial charge in [0.2, 0.25) is 5.91 Å². The van der Waals surface area contributed by atoms with E-state index in [-0.39, 0.29) is 11.8 Å². The molecule has 1 amide bonds. The second-order valence-corrected chi connectivity index (χ2v) is 7.51. The summed E-state index contributed by atoms with van der Waals surface area (Å²) in [6.07, 6.45) is 0.735. The lowest BCUT2D eigenvalue weighted by molar-refractivity contribution is -0.119. The van der Waals surface area contributed by atoms with E-state index in [9.17, 15) is 9.18 Å². The van der Waals surface area contributed by atoms with Crippen molar-refractivity contribution in [1.29, 1.82) is 0 Å². The Bertz CT molecular complexity index is 1070. The maximum absolute atomic E-state index is 14.3. The van der Waals surface area contributed by atoms with Crippen LogP contribution in [0.25, 0.3) is 11.1 Å². The number of carbonyl (C=O) groups excluding carboxylic acids is 1. The standard InChI is InChI=1S/C23H23FN2O4/c1-13-8-19(25-23(27)16-6-7-28-12-16)4-5-21(13)29-20-10-17(9-18(24)11-20)22-14(2)26-30-15(22)3/h4-5,8-11,16H,6-7,12H2,1-3H3,(H,25,27). The number of benzene rings is 2. The highest BCUT2D eigenvalue weighted by Crippen LogP contribution is 2.34. The minimum absolute atomic E-state index is 0.0465. The van der Waals surface area contributed by atoms with E-state index < -0.39 is 5.82 Å². The molecule has 1 atom stereocenters. The number of anilines is 1. The third kappa shape index (κ3) is 4.21. The first kappa shape index (κ1) is 20.1. The van der Waals surface area contributed by atoms with E-state index in [0.29, 0.717) is 47.4 Å². The van der Waals surface area contributed by atoms with Gasteiger partial charge < -0.3 is 19.3 Å². The molecule has 3 aromatic rings. The predicted octanol–water partition coefficient (Wildman–Crippen LogP) is 5.17. The lowest BCUT2D eigenvalue weighted by Crippen LogP contribution is -2.22. The summed E-state index contributed by atoms with van der Waals surface area (Å²) < 4.78 is 30.7. The van der Waals surface area contributed by atoms with E-state index >= 15 is 0 Å². The molecular formula is C23H23FN2O4. The highest BCUT2D eigenvalue weighted by Gasteiger charge is 2.23. The zero-order valence-electron chi connectivity index (χ0n) is 17.1. The number of carbonyl (C=O) groups is 1. The van der Waals surface area contributed by atoms with E-state index in [0.717, 1.165) is 17.5 Å². The molecule has 1 saturated heterocycles. The van der Waals surface area contributed by atoms with Crippen molar-refractivity contribution in [2.45, 2.75) is 27.2 Å². The molecule has 0 bridgehead atoms. The van der Waals surface area contributed by atoms with Crippen LogP contribution in [0.5, 0.6) is 11.5 Å². The molecule has 6 nitrogen and oxygen atoms in total. The van der Waals surface area contributed by atoms with Gasteiger partial charge in [-0.05, 0) is 68.7 Å². The van der Waals surface area contributed by atoms with Crippen molar-refractivity contribution in [2.75, 3.05) is 18.5 Å². The minimum Gasteiger partial charge on any atom is -0.457 e.